The summed E-state index contributed by atoms with van der Waals surface area (Å²) in [5.74, 6) is 0.332. The van der Waals surface area contributed by atoms with Crippen molar-refractivity contribution in [1.29, 1.82) is 0 Å². The van der Waals surface area contributed by atoms with Crippen LogP contribution < -0.4 is 5.32 Å². The van der Waals surface area contributed by atoms with Crippen LogP contribution in [0, 0.1) is 12.7 Å². The number of halogens is 1. The third kappa shape index (κ3) is 4.85. The number of carbonyl (C=O) groups is 1. The molecule has 2 rings (SSSR count). The first-order valence-corrected chi connectivity index (χ1v) is 7.42. The van der Waals surface area contributed by atoms with Crippen molar-refractivity contribution in [2.45, 2.75) is 33.4 Å². The van der Waals surface area contributed by atoms with Crippen molar-refractivity contribution < 1.29 is 13.7 Å². The first kappa shape index (κ1) is 17.1. The molecule has 0 saturated carbocycles. The van der Waals surface area contributed by atoms with Gasteiger partial charge in [0.05, 0.1) is 13.1 Å². The summed E-state index contributed by atoms with van der Waals surface area (Å²) in [5.41, 5.74) is 1.12. The molecule has 23 heavy (non-hydrogen) atoms. The van der Waals surface area contributed by atoms with E-state index in [4.69, 9.17) is 4.52 Å². The summed E-state index contributed by atoms with van der Waals surface area (Å²) in [7, 11) is 1.79. The second kappa shape index (κ2) is 7.32. The van der Waals surface area contributed by atoms with E-state index in [1.807, 2.05) is 13.8 Å². The van der Waals surface area contributed by atoms with Gasteiger partial charge in [-0.25, -0.2) is 4.39 Å². The molecule has 1 N–H and O–H groups in total. The Morgan fingerprint density at radius 3 is 2.83 bits per heavy atom. The molecule has 0 aliphatic rings. The lowest BCUT2D eigenvalue weighted by Crippen LogP contribution is -2.38. The lowest BCUT2D eigenvalue weighted by atomic mass is 10.1. The minimum Gasteiger partial charge on any atom is -0.353 e. The van der Waals surface area contributed by atoms with Crippen molar-refractivity contribution >= 4 is 5.91 Å². The summed E-state index contributed by atoms with van der Waals surface area (Å²) in [6.45, 7) is 6.08. The number of carbonyl (C=O) groups excluding carboxylic acids is 1. The number of rotatable bonds is 6. The van der Waals surface area contributed by atoms with E-state index >= 15 is 0 Å². The first-order valence-electron chi connectivity index (χ1n) is 7.42. The maximum Gasteiger partial charge on any atom is 0.241 e. The third-order valence-electron chi connectivity index (χ3n) is 3.17. The third-order valence-corrected chi connectivity index (χ3v) is 3.17. The molecule has 0 fully saturated rings. The zero-order chi connectivity index (χ0) is 17.0. The van der Waals surface area contributed by atoms with Gasteiger partial charge in [0.15, 0.2) is 0 Å². The lowest BCUT2D eigenvalue weighted by Gasteiger charge is -2.15. The van der Waals surface area contributed by atoms with Crippen molar-refractivity contribution in [1.82, 2.24) is 20.4 Å². The van der Waals surface area contributed by atoms with Crippen LogP contribution in [0.15, 0.2) is 22.7 Å². The fourth-order valence-corrected chi connectivity index (χ4v) is 2.07. The van der Waals surface area contributed by atoms with Gasteiger partial charge in [-0.05, 0) is 39.4 Å². The van der Waals surface area contributed by atoms with E-state index < -0.39 is 0 Å². The molecule has 1 amide bonds. The molecular weight excluding hydrogens is 299 g/mol. The van der Waals surface area contributed by atoms with Gasteiger partial charge in [0.1, 0.15) is 5.82 Å². The minimum absolute atomic E-state index is 0.0668. The van der Waals surface area contributed by atoms with E-state index in [1.54, 1.807) is 31.0 Å². The number of amides is 1. The van der Waals surface area contributed by atoms with E-state index in [0.29, 0.717) is 29.4 Å². The smallest absolute Gasteiger partial charge is 0.241 e. The van der Waals surface area contributed by atoms with Gasteiger partial charge >= 0.3 is 0 Å². The Morgan fingerprint density at radius 1 is 1.43 bits per heavy atom. The van der Waals surface area contributed by atoms with Gasteiger partial charge in [-0.1, -0.05) is 17.3 Å². The molecule has 1 heterocycles. The summed E-state index contributed by atoms with van der Waals surface area (Å²) in [5, 5.41) is 6.67. The summed E-state index contributed by atoms with van der Waals surface area (Å²) in [6, 6.07) is 4.89. The summed E-state index contributed by atoms with van der Waals surface area (Å²) >= 11 is 0. The van der Waals surface area contributed by atoms with Gasteiger partial charge in [0, 0.05) is 11.6 Å². The molecule has 0 atom stereocenters. The van der Waals surface area contributed by atoms with Gasteiger partial charge in [-0.3, -0.25) is 9.69 Å². The van der Waals surface area contributed by atoms with Crippen molar-refractivity contribution in [2.24, 2.45) is 0 Å². The molecular formula is C16H21FN4O2. The van der Waals surface area contributed by atoms with Crippen LogP contribution in [-0.2, 0) is 11.3 Å². The highest BCUT2D eigenvalue weighted by atomic mass is 19.1. The fourth-order valence-electron chi connectivity index (χ4n) is 2.07. The van der Waals surface area contributed by atoms with Crippen LogP contribution >= 0.6 is 0 Å². The predicted octanol–water partition coefficient (Wildman–Crippen LogP) is 2.14. The molecule has 6 nitrogen and oxygen atoms in total. The van der Waals surface area contributed by atoms with Gasteiger partial charge in [-0.2, -0.15) is 4.98 Å². The normalized spacial score (nSPS) is 11.3. The van der Waals surface area contributed by atoms with E-state index in [0.717, 1.165) is 0 Å². The zero-order valence-corrected chi connectivity index (χ0v) is 13.8. The number of aromatic nitrogens is 2. The van der Waals surface area contributed by atoms with Gasteiger partial charge < -0.3 is 9.84 Å². The highest BCUT2D eigenvalue weighted by molar-refractivity contribution is 5.78. The molecule has 2 aromatic rings. The Bertz CT molecular complexity index is 684. The van der Waals surface area contributed by atoms with Gasteiger partial charge in [0.25, 0.3) is 0 Å². The summed E-state index contributed by atoms with van der Waals surface area (Å²) in [4.78, 5) is 17.7. The molecule has 1 aromatic heterocycles. The summed E-state index contributed by atoms with van der Waals surface area (Å²) in [6.07, 6.45) is 0. The number of likely N-dealkylation sites (N-methyl/N-ethyl adjacent to an activating group) is 1. The lowest BCUT2D eigenvalue weighted by molar-refractivity contribution is -0.122. The SMILES string of the molecule is Cc1ccc(-c2noc(CN(C)CC(=O)NC(C)C)n2)cc1F. The Morgan fingerprint density at radius 2 is 2.17 bits per heavy atom. The second-order valence-corrected chi connectivity index (χ2v) is 5.87. The first-order chi connectivity index (χ1) is 10.8. The monoisotopic (exact) mass is 320 g/mol. The van der Waals surface area contributed by atoms with Crippen molar-refractivity contribution in [3.63, 3.8) is 0 Å². The Balaban J connectivity index is 1.99. The molecule has 0 radical (unpaired) electrons. The molecule has 0 bridgehead atoms. The van der Waals surface area contributed by atoms with E-state index in [1.165, 1.54) is 6.07 Å². The Hall–Kier alpha value is -2.28. The van der Waals surface area contributed by atoms with E-state index in [2.05, 4.69) is 15.5 Å². The van der Waals surface area contributed by atoms with Crippen molar-refractivity contribution in [3.8, 4) is 11.4 Å². The number of aryl methyl sites for hydroxylation is 1. The number of nitrogens with zero attached hydrogens (tertiary/aromatic N) is 3. The maximum absolute atomic E-state index is 13.6. The topological polar surface area (TPSA) is 71.3 Å². The largest absolute Gasteiger partial charge is 0.353 e. The zero-order valence-electron chi connectivity index (χ0n) is 13.8. The van der Waals surface area contributed by atoms with Crippen LogP contribution in [0.5, 0.6) is 0 Å². The van der Waals surface area contributed by atoms with Crippen LogP contribution in [0.4, 0.5) is 4.39 Å². The Labute approximate surface area is 134 Å². The van der Waals surface area contributed by atoms with Crippen LogP contribution in [0.25, 0.3) is 11.4 Å². The highest BCUT2D eigenvalue weighted by Crippen LogP contribution is 2.19. The standard InChI is InChI=1S/C16H21FN4O2/c1-10(2)18-14(22)8-21(4)9-15-19-16(20-23-15)12-6-5-11(3)13(17)7-12/h5-7,10H,8-9H2,1-4H3,(H,18,22). The average molecular weight is 320 g/mol. The van der Waals surface area contributed by atoms with Crippen LogP contribution in [0.1, 0.15) is 25.3 Å². The molecule has 0 unspecified atom stereocenters. The number of hydrogen-bond acceptors (Lipinski definition) is 5. The number of nitrogens with one attached hydrogen (secondary N) is 1. The maximum atomic E-state index is 13.6. The van der Waals surface area contributed by atoms with Crippen molar-refractivity contribution in [3.05, 3.63) is 35.5 Å². The van der Waals surface area contributed by atoms with Crippen LogP contribution in [-0.4, -0.2) is 40.6 Å². The fraction of sp³-hybridized carbons (Fsp3) is 0.438. The molecule has 1 aromatic carbocycles. The average Bonchev–Trinajstić information content (AvgIpc) is 2.89. The quantitative estimate of drug-likeness (QED) is 0.883. The van der Waals surface area contributed by atoms with Gasteiger partial charge in [0.2, 0.25) is 17.6 Å². The highest BCUT2D eigenvalue weighted by Gasteiger charge is 2.14. The minimum atomic E-state index is -0.309. The predicted molar refractivity (Wildman–Crippen MR) is 84.0 cm³/mol. The van der Waals surface area contributed by atoms with E-state index in [-0.39, 0.29) is 24.3 Å². The Kier molecular flexibility index (Phi) is 5.44. The van der Waals surface area contributed by atoms with E-state index in [9.17, 15) is 9.18 Å². The molecule has 0 spiro atoms. The van der Waals surface area contributed by atoms with Crippen LogP contribution in [0.3, 0.4) is 0 Å². The molecule has 124 valence electrons. The summed E-state index contributed by atoms with van der Waals surface area (Å²) < 4.78 is 18.8. The molecule has 0 aliphatic carbocycles. The number of hydrogen-bond donors (Lipinski definition) is 1. The molecule has 0 aliphatic heterocycles. The molecule has 7 heteroatoms. The second-order valence-electron chi connectivity index (χ2n) is 5.87. The van der Waals surface area contributed by atoms with Crippen LogP contribution in [0.2, 0.25) is 0 Å². The molecule has 0 saturated heterocycles. The van der Waals surface area contributed by atoms with Gasteiger partial charge in [-0.15, -0.1) is 0 Å². The van der Waals surface area contributed by atoms with Crippen molar-refractivity contribution in [2.75, 3.05) is 13.6 Å². The number of benzene rings is 1.